The van der Waals surface area contributed by atoms with Gasteiger partial charge in [0.1, 0.15) is 6.10 Å². The lowest BCUT2D eigenvalue weighted by molar-refractivity contribution is -0.137. The van der Waals surface area contributed by atoms with Crippen molar-refractivity contribution in [3.05, 3.63) is 89.5 Å². The van der Waals surface area contributed by atoms with E-state index in [-0.39, 0.29) is 41.0 Å². The number of carbonyl (C=O) groups is 1. The van der Waals surface area contributed by atoms with Crippen LogP contribution in [0.15, 0.2) is 77.7 Å². The molecule has 0 fully saturated rings. The molecule has 0 saturated heterocycles. The minimum absolute atomic E-state index is 0.0384. The molecule has 1 heterocycles. The van der Waals surface area contributed by atoms with Crippen molar-refractivity contribution in [1.29, 1.82) is 0 Å². The van der Waals surface area contributed by atoms with Gasteiger partial charge in [0.15, 0.2) is 5.75 Å². The van der Waals surface area contributed by atoms with Crippen LogP contribution in [-0.2, 0) is 22.7 Å². The SMILES string of the molecule is C[C@H]1CN([C@@H](C)CO)C(=O)c2cccc(NS(=O)(=O)c3ccccc3)c2O[C@@H]1CN(C)Cc1ccc(C(F)(F)F)cc1. The quantitative estimate of drug-likeness (QED) is 0.362. The zero-order valence-electron chi connectivity index (χ0n) is 23.5. The van der Waals surface area contributed by atoms with E-state index < -0.39 is 39.8 Å². The second-order valence-electron chi connectivity index (χ2n) is 10.6. The van der Waals surface area contributed by atoms with E-state index in [1.54, 1.807) is 49.2 Å². The van der Waals surface area contributed by atoms with E-state index >= 15 is 0 Å². The van der Waals surface area contributed by atoms with E-state index in [1.807, 2.05) is 11.8 Å². The van der Waals surface area contributed by atoms with E-state index in [4.69, 9.17) is 4.74 Å². The van der Waals surface area contributed by atoms with Gasteiger partial charge >= 0.3 is 6.18 Å². The number of nitrogens with one attached hydrogen (secondary N) is 1. The molecule has 3 aromatic rings. The van der Waals surface area contributed by atoms with Crippen molar-refractivity contribution in [3.8, 4) is 5.75 Å². The molecule has 2 N–H and O–H groups in total. The standard InChI is InChI=1S/C30H34F3N3O5S/c1-20-16-36(21(2)19-37)29(38)25-10-7-11-26(34-42(39,40)24-8-5-4-6-9-24)28(25)41-27(20)18-35(3)17-22-12-14-23(15-13-22)30(31,32)33/h4-15,20-21,27,34,37H,16-19H2,1-3H3/t20-,21-,27+/m0/s1. The summed E-state index contributed by atoms with van der Waals surface area (Å²) in [6.07, 6.45) is -4.97. The molecule has 0 spiro atoms. The average molecular weight is 606 g/mol. The predicted molar refractivity (Wildman–Crippen MR) is 153 cm³/mol. The number of anilines is 1. The molecule has 226 valence electrons. The smallest absolute Gasteiger partial charge is 0.416 e. The molecule has 42 heavy (non-hydrogen) atoms. The number of alkyl halides is 3. The Morgan fingerprint density at radius 1 is 1.07 bits per heavy atom. The molecule has 12 heteroatoms. The first-order valence-corrected chi connectivity index (χ1v) is 14.9. The van der Waals surface area contributed by atoms with Crippen molar-refractivity contribution in [3.63, 3.8) is 0 Å². The molecule has 1 aliphatic rings. The monoisotopic (exact) mass is 605 g/mol. The Morgan fingerprint density at radius 2 is 1.74 bits per heavy atom. The highest BCUT2D eigenvalue weighted by Crippen LogP contribution is 2.36. The summed E-state index contributed by atoms with van der Waals surface area (Å²) < 4.78 is 74.3. The van der Waals surface area contributed by atoms with Crippen molar-refractivity contribution in [2.45, 2.75) is 43.6 Å². The van der Waals surface area contributed by atoms with E-state index in [0.29, 0.717) is 18.7 Å². The Labute approximate surface area is 243 Å². The van der Waals surface area contributed by atoms with E-state index in [9.17, 15) is 31.5 Å². The number of sulfonamides is 1. The molecule has 1 aliphatic heterocycles. The molecule has 3 atom stereocenters. The van der Waals surface area contributed by atoms with Gasteiger partial charge in [-0.15, -0.1) is 0 Å². The third kappa shape index (κ3) is 7.23. The highest BCUT2D eigenvalue weighted by Gasteiger charge is 2.35. The van der Waals surface area contributed by atoms with Crippen LogP contribution in [0.4, 0.5) is 18.9 Å². The number of hydrogen-bond acceptors (Lipinski definition) is 6. The van der Waals surface area contributed by atoms with Crippen LogP contribution in [0.25, 0.3) is 0 Å². The second-order valence-corrected chi connectivity index (χ2v) is 12.3. The van der Waals surface area contributed by atoms with E-state index in [2.05, 4.69) is 4.72 Å². The number of likely N-dealkylation sites (N-methyl/N-ethyl adjacent to an activating group) is 1. The van der Waals surface area contributed by atoms with Gasteiger partial charge in [-0.2, -0.15) is 13.2 Å². The zero-order chi connectivity index (χ0) is 30.7. The number of benzene rings is 3. The van der Waals surface area contributed by atoms with Crippen molar-refractivity contribution < 1.29 is 36.2 Å². The Morgan fingerprint density at radius 3 is 2.36 bits per heavy atom. The predicted octanol–water partition coefficient (Wildman–Crippen LogP) is 4.86. The Hall–Kier alpha value is -3.61. The summed E-state index contributed by atoms with van der Waals surface area (Å²) in [6.45, 7) is 4.25. The number of para-hydroxylation sites is 1. The molecular formula is C30H34F3N3O5S. The average Bonchev–Trinajstić information content (AvgIpc) is 2.95. The van der Waals surface area contributed by atoms with Crippen LogP contribution in [0.3, 0.4) is 0 Å². The number of rotatable bonds is 9. The molecule has 4 rings (SSSR count). The lowest BCUT2D eigenvalue weighted by Crippen LogP contribution is -2.49. The number of amides is 1. The van der Waals surface area contributed by atoms with Crippen molar-refractivity contribution in [1.82, 2.24) is 9.80 Å². The Balaban J connectivity index is 1.66. The number of carbonyl (C=O) groups excluding carboxylic acids is 1. The first kappa shape index (κ1) is 31.3. The fourth-order valence-corrected chi connectivity index (χ4v) is 5.91. The number of hydrogen-bond donors (Lipinski definition) is 2. The van der Waals surface area contributed by atoms with Crippen LogP contribution in [0, 0.1) is 5.92 Å². The number of ether oxygens (including phenoxy) is 1. The summed E-state index contributed by atoms with van der Waals surface area (Å²) in [5, 5.41) is 9.88. The minimum atomic E-state index is -4.42. The van der Waals surface area contributed by atoms with Crippen LogP contribution in [0.5, 0.6) is 5.75 Å². The lowest BCUT2D eigenvalue weighted by Gasteiger charge is -2.38. The third-order valence-electron chi connectivity index (χ3n) is 7.21. The molecule has 0 bridgehead atoms. The summed E-state index contributed by atoms with van der Waals surface area (Å²) in [5.74, 6) is -0.600. The van der Waals surface area contributed by atoms with E-state index in [0.717, 1.165) is 12.1 Å². The normalized spacial score (nSPS) is 18.6. The maximum atomic E-state index is 13.7. The summed E-state index contributed by atoms with van der Waals surface area (Å²) >= 11 is 0. The van der Waals surface area contributed by atoms with Crippen LogP contribution in [-0.4, -0.2) is 68.1 Å². The fourth-order valence-electron chi connectivity index (χ4n) is 4.83. The van der Waals surface area contributed by atoms with Gasteiger partial charge < -0.3 is 14.7 Å². The van der Waals surface area contributed by atoms with Gasteiger partial charge in [-0.3, -0.25) is 14.4 Å². The molecule has 0 aromatic heterocycles. The van der Waals surface area contributed by atoms with Gasteiger partial charge in [0.2, 0.25) is 0 Å². The molecule has 0 saturated carbocycles. The van der Waals surface area contributed by atoms with Gasteiger partial charge in [-0.05, 0) is 55.9 Å². The summed E-state index contributed by atoms with van der Waals surface area (Å²) in [6, 6.07) is 16.8. The first-order valence-electron chi connectivity index (χ1n) is 13.4. The van der Waals surface area contributed by atoms with Gasteiger partial charge in [0, 0.05) is 25.6 Å². The van der Waals surface area contributed by atoms with Gasteiger partial charge in [0.05, 0.1) is 34.4 Å². The first-order chi connectivity index (χ1) is 19.8. The highest BCUT2D eigenvalue weighted by molar-refractivity contribution is 7.92. The maximum Gasteiger partial charge on any atom is 0.416 e. The Kier molecular flexibility index (Phi) is 9.49. The highest BCUT2D eigenvalue weighted by atomic mass is 32.2. The van der Waals surface area contributed by atoms with Crippen LogP contribution < -0.4 is 9.46 Å². The summed E-state index contributed by atoms with van der Waals surface area (Å²) in [7, 11) is -2.21. The van der Waals surface area contributed by atoms with Gasteiger partial charge in [-0.25, -0.2) is 8.42 Å². The number of aliphatic hydroxyl groups excluding tert-OH is 1. The zero-order valence-corrected chi connectivity index (χ0v) is 24.3. The van der Waals surface area contributed by atoms with E-state index in [1.165, 1.54) is 30.3 Å². The molecule has 1 amide bonds. The fraction of sp³-hybridized carbons (Fsp3) is 0.367. The molecule has 0 unspecified atom stereocenters. The number of halogens is 3. The minimum Gasteiger partial charge on any atom is -0.486 e. The van der Waals surface area contributed by atoms with Gasteiger partial charge in [0.25, 0.3) is 15.9 Å². The summed E-state index contributed by atoms with van der Waals surface area (Å²) in [4.78, 5) is 17.1. The number of fused-ring (bicyclic) bond motifs is 1. The molecule has 0 aliphatic carbocycles. The van der Waals surface area contributed by atoms with Crippen molar-refractivity contribution in [2.75, 3.05) is 31.5 Å². The molecule has 8 nitrogen and oxygen atoms in total. The Bertz CT molecular complexity index is 1480. The number of nitrogens with zero attached hydrogens (tertiary/aromatic N) is 2. The van der Waals surface area contributed by atoms with Crippen LogP contribution in [0.1, 0.15) is 35.3 Å². The molecular weight excluding hydrogens is 571 g/mol. The van der Waals surface area contributed by atoms with Crippen molar-refractivity contribution in [2.24, 2.45) is 5.92 Å². The number of aliphatic hydroxyl groups is 1. The second kappa shape index (κ2) is 12.7. The van der Waals surface area contributed by atoms with Crippen LogP contribution in [0.2, 0.25) is 0 Å². The molecule has 3 aromatic carbocycles. The van der Waals surface area contributed by atoms with Crippen LogP contribution >= 0.6 is 0 Å². The maximum absolute atomic E-state index is 13.7. The van der Waals surface area contributed by atoms with Gasteiger partial charge in [-0.1, -0.05) is 43.3 Å². The largest absolute Gasteiger partial charge is 0.486 e. The van der Waals surface area contributed by atoms with Crippen molar-refractivity contribution >= 4 is 21.6 Å². The summed E-state index contributed by atoms with van der Waals surface area (Å²) in [5.41, 5.74) is 0.179. The third-order valence-corrected chi connectivity index (χ3v) is 8.60. The molecule has 0 radical (unpaired) electrons. The topological polar surface area (TPSA) is 99.2 Å². The lowest BCUT2D eigenvalue weighted by atomic mass is 9.99.